The summed E-state index contributed by atoms with van der Waals surface area (Å²) in [5.41, 5.74) is 1.31. The van der Waals surface area contributed by atoms with E-state index in [9.17, 15) is 18.0 Å². The molecule has 26 heavy (non-hydrogen) atoms. The summed E-state index contributed by atoms with van der Waals surface area (Å²) in [5, 5.41) is 1.56. The van der Waals surface area contributed by atoms with Gasteiger partial charge < -0.3 is 0 Å². The second-order valence-electron chi connectivity index (χ2n) is 7.31. The van der Waals surface area contributed by atoms with Crippen molar-refractivity contribution in [1.82, 2.24) is 5.06 Å². The fraction of sp³-hybridized carbons (Fsp3) is 0.263. The molecule has 2 amide bonds. The lowest BCUT2D eigenvalue weighted by atomic mass is 9.90. The van der Waals surface area contributed by atoms with Gasteiger partial charge in [-0.2, -0.15) is 8.42 Å². The predicted molar refractivity (Wildman–Crippen MR) is 98.9 cm³/mol. The van der Waals surface area contributed by atoms with Crippen LogP contribution in [-0.2, 0) is 14.4 Å². The number of imide groups is 1. The van der Waals surface area contributed by atoms with E-state index in [2.05, 4.69) is 25.1 Å². The smallest absolute Gasteiger partial charge is 0.266 e. The minimum Gasteiger partial charge on any atom is -0.266 e. The number of carbonyl (C=O) groups excluding carboxylic acids is 2. The first kappa shape index (κ1) is 18.3. The van der Waals surface area contributed by atoms with E-state index in [4.69, 9.17) is 0 Å². The fourth-order valence-electron chi connectivity index (χ4n) is 2.78. The molecule has 1 heterocycles. The van der Waals surface area contributed by atoms with E-state index < -0.39 is 21.9 Å². The Labute approximate surface area is 152 Å². The Balaban J connectivity index is 2.21. The van der Waals surface area contributed by atoms with Crippen LogP contribution in [0.3, 0.4) is 0 Å². The molecule has 0 fully saturated rings. The summed E-state index contributed by atoms with van der Waals surface area (Å²) in [6, 6.07) is 8.44. The van der Waals surface area contributed by atoms with E-state index in [0.717, 1.165) is 17.2 Å². The molecule has 0 saturated carbocycles. The van der Waals surface area contributed by atoms with E-state index in [1.165, 1.54) is 0 Å². The summed E-state index contributed by atoms with van der Waals surface area (Å²) in [4.78, 5) is 25.2. The maximum absolute atomic E-state index is 12.6. The van der Waals surface area contributed by atoms with Crippen molar-refractivity contribution in [3.8, 4) is 0 Å². The molecule has 0 unspecified atom stereocenters. The number of benzene rings is 2. The van der Waals surface area contributed by atoms with Crippen molar-refractivity contribution in [2.75, 3.05) is 6.26 Å². The highest BCUT2D eigenvalue weighted by Gasteiger charge is 2.36. The summed E-state index contributed by atoms with van der Waals surface area (Å²) in [6.07, 6.45) is 4.78. The maximum Gasteiger partial charge on any atom is 0.286 e. The van der Waals surface area contributed by atoms with Crippen molar-refractivity contribution >= 4 is 38.8 Å². The Kier molecular flexibility index (Phi) is 4.24. The van der Waals surface area contributed by atoms with Crippen LogP contribution in [0, 0.1) is 5.41 Å². The monoisotopic (exact) mass is 373 g/mol. The zero-order valence-corrected chi connectivity index (χ0v) is 15.8. The Morgan fingerprint density at radius 1 is 1.00 bits per heavy atom. The Bertz CT molecular complexity index is 1040. The largest absolute Gasteiger partial charge is 0.286 e. The van der Waals surface area contributed by atoms with Crippen molar-refractivity contribution in [2.45, 2.75) is 20.8 Å². The molecule has 0 aliphatic carbocycles. The maximum atomic E-state index is 12.6. The number of carbonyl (C=O) groups is 2. The molecule has 1 aliphatic heterocycles. The van der Waals surface area contributed by atoms with Gasteiger partial charge in [0.25, 0.3) is 21.9 Å². The van der Waals surface area contributed by atoms with Gasteiger partial charge in [-0.15, -0.1) is 9.35 Å². The van der Waals surface area contributed by atoms with Crippen LogP contribution in [0.5, 0.6) is 0 Å². The van der Waals surface area contributed by atoms with Crippen LogP contribution in [0.25, 0.3) is 16.8 Å². The van der Waals surface area contributed by atoms with Crippen molar-refractivity contribution in [3.05, 3.63) is 53.1 Å². The van der Waals surface area contributed by atoms with Gasteiger partial charge in [0.15, 0.2) is 0 Å². The van der Waals surface area contributed by atoms with Crippen LogP contribution >= 0.6 is 0 Å². The van der Waals surface area contributed by atoms with Crippen LogP contribution in [0.1, 0.15) is 47.1 Å². The second kappa shape index (κ2) is 6.03. The summed E-state index contributed by atoms with van der Waals surface area (Å²) in [6.45, 7) is 6.21. The molecule has 7 heteroatoms. The first-order chi connectivity index (χ1) is 12.0. The molecule has 1 aliphatic rings. The van der Waals surface area contributed by atoms with Crippen LogP contribution in [0.15, 0.2) is 36.4 Å². The summed E-state index contributed by atoms with van der Waals surface area (Å²) >= 11 is 0. The Morgan fingerprint density at radius 2 is 1.62 bits per heavy atom. The van der Waals surface area contributed by atoms with Crippen LogP contribution in [-0.4, -0.2) is 31.6 Å². The van der Waals surface area contributed by atoms with Crippen molar-refractivity contribution in [1.29, 1.82) is 0 Å². The molecule has 2 aromatic rings. The normalized spacial score (nSPS) is 15.3. The zero-order valence-electron chi connectivity index (χ0n) is 14.9. The van der Waals surface area contributed by atoms with Crippen molar-refractivity contribution in [3.63, 3.8) is 0 Å². The van der Waals surface area contributed by atoms with Gasteiger partial charge in [0, 0.05) is 5.39 Å². The van der Waals surface area contributed by atoms with Gasteiger partial charge in [0.2, 0.25) is 0 Å². The average molecular weight is 373 g/mol. The number of nitrogens with zero attached hydrogens (tertiary/aromatic N) is 1. The standard InChI is InChI=1S/C19H19NO5S/c1-19(2,3)11-10-12-8-9-15-16-13(12)6-5-7-14(16)17(21)20(18(15)22)25-26(4,23)24/h5-11H,1-4H3/b11-10+. The molecule has 0 N–H and O–H groups in total. The highest BCUT2D eigenvalue weighted by Crippen LogP contribution is 2.33. The quantitative estimate of drug-likeness (QED) is 0.771. The lowest BCUT2D eigenvalue weighted by molar-refractivity contribution is -0.0149. The van der Waals surface area contributed by atoms with E-state index in [1.807, 2.05) is 18.2 Å². The van der Waals surface area contributed by atoms with Gasteiger partial charge in [-0.1, -0.05) is 51.1 Å². The van der Waals surface area contributed by atoms with Crippen LogP contribution < -0.4 is 0 Å². The first-order valence-corrected chi connectivity index (χ1v) is 9.83. The first-order valence-electron chi connectivity index (χ1n) is 8.01. The summed E-state index contributed by atoms with van der Waals surface area (Å²) < 4.78 is 27.4. The number of hydrogen-bond acceptors (Lipinski definition) is 5. The highest BCUT2D eigenvalue weighted by atomic mass is 32.2. The summed E-state index contributed by atoms with van der Waals surface area (Å²) in [7, 11) is -4.02. The fourth-order valence-corrected chi connectivity index (χ4v) is 3.19. The molecule has 0 aromatic heterocycles. The predicted octanol–water partition coefficient (Wildman–Crippen LogP) is 3.39. The van der Waals surface area contributed by atoms with Crippen molar-refractivity contribution < 1.29 is 22.3 Å². The minimum absolute atomic E-state index is 0.0224. The van der Waals surface area contributed by atoms with Gasteiger partial charge in [-0.25, -0.2) is 0 Å². The molecule has 136 valence electrons. The third kappa shape index (κ3) is 3.40. The molecule has 0 radical (unpaired) electrons. The van der Waals surface area contributed by atoms with Gasteiger partial charge in [0.1, 0.15) is 0 Å². The van der Waals surface area contributed by atoms with Crippen LogP contribution in [0.2, 0.25) is 0 Å². The average Bonchev–Trinajstić information content (AvgIpc) is 2.53. The third-order valence-corrected chi connectivity index (χ3v) is 4.30. The van der Waals surface area contributed by atoms with E-state index in [-0.39, 0.29) is 16.5 Å². The summed E-state index contributed by atoms with van der Waals surface area (Å²) in [5.74, 6) is -1.59. The Hall–Kier alpha value is -2.51. The number of amides is 2. The molecule has 2 aromatic carbocycles. The van der Waals surface area contributed by atoms with E-state index in [1.54, 1.807) is 24.3 Å². The molecule has 6 nitrogen and oxygen atoms in total. The Morgan fingerprint density at radius 3 is 2.19 bits per heavy atom. The SMILES string of the molecule is CC(C)(C)/C=C/c1ccc2c3c(cccc13)C(=O)N(OS(C)(=O)=O)C2=O. The number of hydroxylamine groups is 2. The molecular formula is C19H19NO5S. The highest BCUT2D eigenvalue weighted by molar-refractivity contribution is 7.85. The number of hydrogen-bond donors (Lipinski definition) is 0. The lowest BCUT2D eigenvalue weighted by Crippen LogP contribution is -2.41. The molecule has 3 rings (SSSR count). The molecule has 0 atom stereocenters. The van der Waals surface area contributed by atoms with E-state index >= 15 is 0 Å². The molecule has 0 bridgehead atoms. The van der Waals surface area contributed by atoms with E-state index in [0.29, 0.717) is 10.4 Å². The van der Waals surface area contributed by atoms with Crippen LogP contribution in [0.4, 0.5) is 0 Å². The molecule has 0 spiro atoms. The van der Waals surface area contributed by atoms with Gasteiger partial charge in [-0.3, -0.25) is 9.59 Å². The van der Waals surface area contributed by atoms with Crippen molar-refractivity contribution in [2.24, 2.45) is 5.41 Å². The third-order valence-electron chi connectivity index (χ3n) is 3.88. The minimum atomic E-state index is -4.02. The topological polar surface area (TPSA) is 80.8 Å². The zero-order chi connectivity index (χ0) is 19.3. The molecule has 0 saturated heterocycles. The van der Waals surface area contributed by atoms with Gasteiger partial charge >= 0.3 is 0 Å². The number of rotatable bonds is 3. The molecular weight excluding hydrogens is 354 g/mol. The van der Waals surface area contributed by atoms with Gasteiger partial charge in [-0.05, 0) is 28.5 Å². The second-order valence-corrected chi connectivity index (χ2v) is 8.87. The van der Waals surface area contributed by atoms with Gasteiger partial charge in [0.05, 0.1) is 17.4 Å². The number of allylic oxidation sites excluding steroid dienone is 1. The lowest BCUT2D eigenvalue weighted by Gasteiger charge is -2.25.